The van der Waals surface area contributed by atoms with Crippen LogP contribution in [0.2, 0.25) is 0 Å². The van der Waals surface area contributed by atoms with Crippen LogP contribution in [0.5, 0.6) is 0 Å². The van der Waals surface area contributed by atoms with Gasteiger partial charge < -0.3 is 20.1 Å². The topological polar surface area (TPSA) is 59.6 Å². The number of hydrogen-bond donors (Lipinski definition) is 2. The summed E-state index contributed by atoms with van der Waals surface area (Å²) >= 11 is 0. The third kappa shape index (κ3) is 12.6. The normalized spacial score (nSPS) is 14.6. The van der Waals surface area contributed by atoms with Crippen molar-refractivity contribution in [1.29, 1.82) is 0 Å². The molecule has 0 spiro atoms. The van der Waals surface area contributed by atoms with E-state index in [4.69, 9.17) is 9.47 Å². The van der Waals surface area contributed by atoms with Crippen molar-refractivity contribution >= 4 is 6.09 Å². The van der Waals surface area contributed by atoms with E-state index in [1.54, 1.807) is 7.11 Å². The highest BCUT2D eigenvalue weighted by molar-refractivity contribution is 5.67. The van der Waals surface area contributed by atoms with Gasteiger partial charge in [-0.15, -0.1) is 0 Å². The summed E-state index contributed by atoms with van der Waals surface area (Å²) in [5.41, 5.74) is -0.455. The van der Waals surface area contributed by atoms with Crippen LogP contribution in [-0.4, -0.2) is 44.5 Å². The molecule has 0 rings (SSSR count). The third-order valence-corrected chi connectivity index (χ3v) is 3.00. The number of nitrogens with one attached hydrogen (secondary N) is 2. The number of ether oxygens (including phenoxy) is 2. The lowest BCUT2D eigenvalue weighted by Crippen LogP contribution is -2.44. The SMILES string of the molecule is CCCCC(CNC(=O)OC(C)(C)C)NCC(C)COC. The maximum absolute atomic E-state index is 11.7. The minimum atomic E-state index is -0.455. The molecular weight excluding hydrogens is 268 g/mol. The second kappa shape index (κ2) is 10.9. The van der Waals surface area contributed by atoms with E-state index in [2.05, 4.69) is 24.5 Å². The van der Waals surface area contributed by atoms with Gasteiger partial charge in [0.2, 0.25) is 0 Å². The molecule has 1 amide bonds. The number of carbonyl (C=O) groups is 1. The Morgan fingerprint density at radius 1 is 1.24 bits per heavy atom. The van der Waals surface area contributed by atoms with Crippen molar-refractivity contribution in [3.05, 3.63) is 0 Å². The molecule has 0 saturated carbocycles. The molecule has 0 radical (unpaired) electrons. The fraction of sp³-hybridized carbons (Fsp3) is 0.938. The zero-order chi connectivity index (χ0) is 16.3. The van der Waals surface area contributed by atoms with Crippen molar-refractivity contribution in [3.63, 3.8) is 0 Å². The Labute approximate surface area is 130 Å². The zero-order valence-electron chi connectivity index (χ0n) is 14.6. The van der Waals surface area contributed by atoms with Crippen molar-refractivity contribution in [2.45, 2.75) is 65.5 Å². The molecule has 0 aliphatic rings. The summed E-state index contributed by atoms with van der Waals surface area (Å²) in [6, 6.07) is 0.275. The average Bonchev–Trinajstić information content (AvgIpc) is 2.36. The molecule has 0 aromatic heterocycles. The molecule has 0 aliphatic heterocycles. The average molecular weight is 302 g/mol. The monoisotopic (exact) mass is 302 g/mol. The van der Waals surface area contributed by atoms with Gasteiger partial charge in [-0.05, 0) is 33.1 Å². The van der Waals surface area contributed by atoms with Gasteiger partial charge in [-0.3, -0.25) is 0 Å². The molecule has 2 atom stereocenters. The smallest absolute Gasteiger partial charge is 0.407 e. The van der Waals surface area contributed by atoms with E-state index in [9.17, 15) is 4.79 Å². The summed E-state index contributed by atoms with van der Waals surface area (Å²) in [6.45, 7) is 12.1. The van der Waals surface area contributed by atoms with Crippen molar-refractivity contribution in [2.75, 3.05) is 26.8 Å². The number of unbranched alkanes of at least 4 members (excludes halogenated alkanes) is 1. The van der Waals surface area contributed by atoms with Crippen LogP contribution in [0, 0.1) is 5.92 Å². The highest BCUT2D eigenvalue weighted by atomic mass is 16.6. The van der Waals surface area contributed by atoms with Gasteiger partial charge in [0.15, 0.2) is 0 Å². The maximum atomic E-state index is 11.7. The number of rotatable bonds is 10. The molecule has 0 heterocycles. The van der Waals surface area contributed by atoms with Gasteiger partial charge in [0, 0.05) is 32.8 Å². The van der Waals surface area contributed by atoms with E-state index in [0.717, 1.165) is 32.4 Å². The van der Waals surface area contributed by atoms with Crippen LogP contribution < -0.4 is 10.6 Å². The van der Waals surface area contributed by atoms with Gasteiger partial charge in [-0.25, -0.2) is 4.79 Å². The van der Waals surface area contributed by atoms with Crippen LogP contribution in [0.4, 0.5) is 4.79 Å². The Bertz CT molecular complexity index is 277. The first kappa shape index (κ1) is 20.2. The lowest BCUT2D eigenvalue weighted by Gasteiger charge is -2.23. The minimum absolute atomic E-state index is 0.275. The Kier molecular flexibility index (Phi) is 10.4. The van der Waals surface area contributed by atoms with E-state index < -0.39 is 5.60 Å². The Balaban J connectivity index is 4.13. The van der Waals surface area contributed by atoms with Crippen LogP contribution in [0.1, 0.15) is 53.9 Å². The number of amides is 1. The summed E-state index contributed by atoms with van der Waals surface area (Å²) in [4.78, 5) is 11.7. The Morgan fingerprint density at radius 3 is 2.43 bits per heavy atom. The quantitative estimate of drug-likeness (QED) is 0.651. The van der Waals surface area contributed by atoms with Gasteiger partial charge in [0.05, 0.1) is 0 Å². The highest BCUT2D eigenvalue weighted by Crippen LogP contribution is 2.07. The Hall–Kier alpha value is -0.810. The summed E-state index contributed by atoms with van der Waals surface area (Å²) in [7, 11) is 1.72. The number of carbonyl (C=O) groups excluding carboxylic acids is 1. The molecule has 5 heteroatoms. The summed E-state index contributed by atoms with van der Waals surface area (Å²) < 4.78 is 10.4. The molecule has 21 heavy (non-hydrogen) atoms. The molecule has 2 N–H and O–H groups in total. The Morgan fingerprint density at radius 2 is 1.90 bits per heavy atom. The number of methoxy groups -OCH3 is 1. The molecule has 0 aliphatic carbocycles. The fourth-order valence-electron chi connectivity index (χ4n) is 1.96. The van der Waals surface area contributed by atoms with Crippen LogP contribution in [0.3, 0.4) is 0 Å². The van der Waals surface area contributed by atoms with Gasteiger partial charge in [0.25, 0.3) is 0 Å². The second-order valence-corrected chi connectivity index (χ2v) is 6.69. The van der Waals surface area contributed by atoms with Gasteiger partial charge in [-0.1, -0.05) is 26.7 Å². The van der Waals surface area contributed by atoms with E-state index in [-0.39, 0.29) is 12.1 Å². The molecule has 126 valence electrons. The summed E-state index contributed by atoms with van der Waals surface area (Å²) in [6.07, 6.45) is 2.99. The molecule has 2 unspecified atom stereocenters. The van der Waals surface area contributed by atoms with Crippen LogP contribution in [-0.2, 0) is 9.47 Å². The molecule has 0 bridgehead atoms. The van der Waals surface area contributed by atoms with Gasteiger partial charge >= 0.3 is 6.09 Å². The molecule has 0 saturated heterocycles. The first-order valence-electron chi connectivity index (χ1n) is 7.97. The summed E-state index contributed by atoms with van der Waals surface area (Å²) in [5, 5.41) is 6.36. The molecule has 0 fully saturated rings. The zero-order valence-corrected chi connectivity index (χ0v) is 14.6. The van der Waals surface area contributed by atoms with Crippen molar-refractivity contribution in [1.82, 2.24) is 10.6 Å². The predicted octanol–water partition coefficient (Wildman–Crippen LogP) is 2.94. The molecule has 0 aromatic carbocycles. The minimum Gasteiger partial charge on any atom is -0.444 e. The predicted molar refractivity (Wildman–Crippen MR) is 86.6 cm³/mol. The standard InChI is InChI=1S/C16H34N2O3/c1-7-8-9-14(17-10-13(2)12-20-6)11-18-15(19)21-16(3,4)5/h13-14,17H,7-12H2,1-6H3,(H,18,19). The molecule has 5 nitrogen and oxygen atoms in total. The first-order valence-corrected chi connectivity index (χ1v) is 7.97. The van der Waals surface area contributed by atoms with Crippen molar-refractivity contribution in [3.8, 4) is 0 Å². The second-order valence-electron chi connectivity index (χ2n) is 6.69. The van der Waals surface area contributed by atoms with Gasteiger partial charge in [-0.2, -0.15) is 0 Å². The van der Waals surface area contributed by atoms with E-state index in [1.165, 1.54) is 0 Å². The van der Waals surface area contributed by atoms with E-state index in [0.29, 0.717) is 12.5 Å². The van der Waals surface area contributed by atoms with Crippen molar-refractivity contribution < 1.29 is 14.3 Å². The van der Waals surface area contributed by atoms with Crippen LogP contribution >= 0.6 is 0 Å². The first-order chi connectivity index (χ1) is 9.78. The largest absolute Gasteiger partial charge is 0.444 e. The maximum Gasteiger partial charge on any atom is 0.407 e. The number of alkyl carbamates (subject to hydrolysis) is 1. The van der Waals surface area contributed by atoms with Crippen LogP contribution in [0.15, 0.2) is 0 Å². The van der Waals surface area contributed by atoms with E-state index in [1.807, 2.05) is 20.8 Å². The summed E-state index contributed by atoms with van der Waals surface area (Å²) in [5.74, 6) is 0.459. The molecular formula is C16H34N2O3. The van der Waals surface area contributed by atoms with Crippen LogP contribution in [0.25, 0.3) is 0 Å². The molecule has 0 aromatic rings. The lowest BCUT2D eigenvalue weighted by atomic mass is 10.1. The van der Waals surface area contributed by atoms with E-state index >= 15 is 0 Å². The third-order valence-electron chi connectivity index (χ3n) is 3.00. The highest BCUT2D eigenvalue weighted by Gasteiger charge is 2.17. The van der Waals surface area contributed by atoms with Gasteiger partial charge in [0.1, 0.15) is 5.60 Å². The number of hydrogen-bond acceptors (Lipinski definition) is 4. The fourth-order valence-corrected chi connectivity index (χ4v) is 1.96. The lowest BCUT2D eigenvalue weighted by molar-refractivity contribution is 0.0521. The van der Waals surface area contributed by atoms with Crippen molar-refractivity contribution in [2.24, 2.45) is 5.92 Å².